The number of hydrogen-bond donors (Lipinski definition) is 2. The average Bonchev–Trinajstić information content (AvgIpc) is 2.23. The van der Waals surface area contributed by atoms with Gasteiger partial charge < -0.3 is 61.9 Å². The minimum Gasteiger partial charge on any atom is -0.444 e. The second-order valence-corrected chi connectivity index (χ2v) is 0.454. The van der Waals surface area contributed by atoms with Gasteiger partial charge in [0, 0.05) is 0 Å². The molecule has 19 nitrogen and oxygen atoms in total. The van der Waals surface area contributed by atoms with E-state index < -0.39 is 0 Å². The van der Waals surface area contributed by atoms with E-state index in [0.717, 1.165) is 26.7 Å². The summed E-state index contributed by atoms with van der Waals surface area (Å²) >= 11 is 0. The predicted molar refractivity (Wildman–Crippen MR) is 59.4 cm³/mol. The molecule has 0 aliphatic rings. The van der Waals surface area contributed by atoms with Gasteiger partial charge in [-0.15, -0.1) is 31.6 Å². The number of rotatable bonds is 0. The molecule has 0 spiro atoms. The van der Waals surface area contributed by atoms with Crippen molar-refractivity contribution in [2.45, 2.75) is 0 Å². The minimum absolute atomic E-state index is 0. The predicted octanol–water partition coefficient (Wildman–Crippen LogP) is -1.23. The maximum atomic E-state index is 8.11. The van der Waals surface area contributed by atoms with Crippen molar-refractivity contribution >= 4 is 0 Å². The molecule has 0 aromatic carbocycles. The molecule has 0 radical (unpaired) electrons. The third-order valence-electron chi connectivity index (χ3n) is 0. The van der Waals surface area contributed by atoms with Crippen LogP contribution in [0.15, 0.2) is 32.0 Å². The Balaban J connectivity index is -0.0000000114. The molecule has 0 saturated carbocycles. The van der Waals surface area contributed by atoms with E-state index in [4.69, 9.17) is 60.7 Å². The fraction of sp³-hybridized carbons (Fsp3) is 0. The van der Waals surface area contributed by atoms with Gasteiger partial charge in [-0.1, -0.05) is 0 Å². The Morgan fingerprint density at radius 1 is 0.571 bits per heavy atom. The first-order valence-corrected chi connectivity index (χ1v) is 2.21. The Morgan fingerprint density at radius 3 is 0.571 bits per heavy atom. The molecule has 0 aromatic rings. The van der Waals surface area contributed by atoms with Crippen LogP contribution in [0, 0.1) is 55.5 Å². The van der Waals surface area contributed by atoms with Crippen LogP contribution in [0.2, 0.25) is 0 Å². The van der Waals surface area contributed by atoms with Crippen LogP contribution in [0.5, 0.6) is 0 Å². The molecular weight excluding hydrogens is 416 g/mol. The summed E-state index contributed by atoms with van der Waals surface area (Å²) in [4.78, 5) is 48.1. The molecular formula is H5N7NaO12Rh. The van der Waals surface area contributed by atoms with Gasteiger partial charge in [0.2, 0.25) is 0 Å². The second kappa shape index (κ2) is 327. The summed E-state index contributed by atoms with van der Waals surface area (Å²) in [6.45, 7) is 0. The molecule has 0 saturated heterocycles. The molecule has 21 heteroatoms. The Labute approximate surface area is 147 Å². The molecule has 0 aromatic heterocycles. The van der Waals surface area contributed by atoms with E-state index in [2.05, 4.69) is 0 Å². The van der Waals surface area contributed by atoms with Gasteiger partial charge in [-0.25, -0.2) is 0 Å². The van der Waals surface area contributed by atoms with E-state index in [0.29, 0.717) is 0 Å². The van der Waals surface area contributed by atoms with Gasteiger partial charge in [-0.3, -0.25) is 0 Å². The summed E-state index contributed by atoms with van der Waals surface area (Å²) in [5.41, 5.74) is 0. The smallest absolute Gasteiger partial charge is 0.444 e. The van der Waals surface area contributed by atoms with Crippen molar-refractivity contribution in [3.63, 3.8) is 0 Å². The molecule has 0 amide bonds. The molecule has 0 aliphatic carbocycles. The standard InChI is InChI=1S/6HNO2.H3N.Na.Rh/c6*2-1-3;;;/h6*(H,2,3);1H3;;/q;;;;;;;+1;+3/p-4. The van der Waals surface area contributed by atoms with E-state index in [1.165, 1.54) is 5.34 Å². The van der Waals surface area contributed by atoms with Crippen molar-refractivity contribution in [3.05, 3.63) is 55.5 Å². The maximum Gasteiger partial charge on any atom is 3.00 e. The monoisotopic (exact) mass is 421 g/mol. The van der Waals surface area contributed by atoms with Gasteiger partial charge in [-0.05, 0) is 0 Å². The Morgan fingerprint density at radius 2 is 0.571 bits per heavy atom. The number of quaternary nitrogens is 1. The van der Waals surface area contributed by atoms with Crippen molar-refractivity contribution in [1.29, 1.82) is 0 Å². The summed E-state index contributed by atoms with van der Waals surface area (Å²) in [6.07, 6.45) is 0. The van der Waals surface area contributed by atoms with E-state index in [1.54, 1.807) is 0 Å². The topological polar surface area (TPSA) is 349 Å². The summed E-state index contributed by atoms with van der Waals surface area (Å²) < 4.78 is 0. The molecule has 0 fully saturated rings. The van der Waals surface area contributed by atoms with Crippen LogP contribution in [-0.2, 0) is 19.5 Å². The normalized spacial score (nSPS) is 3.43. The first-order valence-electron chi connectivity index (χ1n) is 2.21. The van der Waals surface area contributed by atoms with Gasteiger partial charge >= 0.3 is 49.0 Å². The molecule has 0 heterocycles. The maximum absolute atomic E-state index is 8.11. The van der Waals surface area contributed by atoms with Gasteiger partial charge in [-0.2, -0.15) is 0 Å². The van der Waals surface area contributed by atoms with Crippen LogP contribution in [0.25, 0.3) is 0 Å². The van der Waals surface area contributed by atoms with Crippen LogP contribution in [0.3, 0.4) is 0 Å². The van der Waals surface area contributed by atoms with Gasteiger partial charge in [0.1, 0.15) is 0 Å². The van der Waals surface area contributed by atoms with Crippen molar-refractivity contribution in [1.82, 2.24) is 6.15 Å². The SMILES string of the molecule is O=NO.O=N[O-].O=N[O-].O=N[O-].O=N[O-].O=N[O-].[NH4+].[Na+].[Rh+3]. The van der Waals surface area contributed by atoms with Crippen LogP contribution in [0.1, 0.15) is 0 Å². The summed E-state index contributed by atoms with van der Waals surface area (Å²) in [7, 11) is 0. The van der Waals surface area contributed by atoms with Gasteiger partial charge in [0.15, 0.2) is 5.34 Å². The van der Waals surface area contributed by atoms with Crippen LogP contribution in [0.4, 0.5) is 0 Å². The summed E-state index contributed by atoms with van der Waals surface area (Å²) in [5, 5.41) is 52.9. The van der Waals surface area contributed by atoms with E-state index in [-0.39, 0.29) is 55.2 Å². The average molecular weight is 421 g/mol. The Bertz CT molecular complexity index is 121. The molecule has 0 rings (SSSR count). The van der Waals surface area contributed by atoms with E-state index in [9.17, 15) is 0 Å². The van der Waals surface area contributed by atoms with Crippen molar-refractivity contribution in [2.24, 2.45) is 32.0 Å². The van der Waals surface area contributed by atoms with Crippen LogP contribution >= 0.6 is 0 Å². The molecule has 5 N–H and O–H groups in total. The fourth-order valence-electron chi connectivity index (χ4n) is 0. The van der Waals surface area contributed by atoms with Crippen molar-refractivity contribution in [2.75, 3.05) is 0 Å². The van der Waals surface area contributed by atoms with Gasteiger partial charge in [0.25, 0.3) is 0 Å². The van der Waals surface area contributed by atoms with Crippen molar-refractivity contribution in [3.8, 4) is 0 Å². The van der Waals surface area contributed by atoms with Crippen LogP contribution in [-0.4, -0.2) is 5.21 Å². The zero-order chi connectivity index (χ0) is 16.2. The molecule has 0 unspecified atom stereocenters. The molecule has 0 atom stereocenters. The minimum atomic E-state index is 0. The Hall–Kier alpha value is -2.02. The van der Waals surface area contributed by atoms with E-state index >= 15 is 0 Å². The third kappa shape index (κ3) is 1130. The first-order chi connectivity index (χ1) is 8.49. The zero-order valence-electron chi connectivity index (χ0n) is 9.95. The third-order valence-corrected chi connectivity index (χ3v) is 0. The second-order valence-electron chi connectivity index (χ2n) is 0.454. The van der Waals surface area contributed by atoms with Crippen molar-refractivity contribution < 1.29 is 54.2 Å². The molecule has 0 aliphatic heterocycles. The van der Waals surface area contributed by atoms with Crippen LogP contribution < -0.4 is 35.7 Å². The van der Waals surface area contributed by atoms with Gasteiger partial charge in [0.05, 0.1) is 0 Å². The first kappa shape index (κ1) is 61.6. The summed E-state index contributed by atoms with van der Waals surface area (Å²) in [5.74, 6) is 0. The molecule has 21 heavy (non-hydrogen) atoms. The zero-order valence-corrected chi connectivity index (χ0v) is 13.6. The number of hydrogen-bond acceptors (Lipinski definition) is 17. The fourth-order valence-corrected chi connectivity index (χ4v) is 0. The number of nitrogens with zero attached hydrogens (tertiary/aromatic N) is 6. The quantitative estimate of drug-likeness (QED) is 0.264. The summed E-state index contributed by atoms with van der Waals surface area (Å²) in [6, 6.07) is 0. The molecule has 122 valence electrons. The van der Waals surface area contributed by atoms with E-state index in [1.807, 2.05) is 0 Å². The Kier molecular flexibility index (Phi) is 959. The largest absolute Gasteiger partial charge is 3.00 e. The molecule has 0 bridgehead atoms.